The molecular formula is C25H21N3O4. The second-order valence-electron chi connectivity index (χ2n) is 7.40. The van der Waals surface area contributed by atoms with Crippen molar-refractivity contribution < 1.29 is 19.2 Å². The molecule has 2 N–H and O–H groups in total. The molecule has 3 aromatic rings. The molecule has 1 aliphatic heterocycles. The quantitative estimate of drug-likeness (QED) is 0.592. The van der Waals surface area contributed by atoms with Crippen LogP contribution in [0.4, 0.5) is 0 Å². The van der Waals surface area contributed by atoms with Crippen molar-refractivity contribution >= 4 is 23.6 Å². The maximum Gasteiger partial charge on any atom is 0.261 e. The molecule has 160 valence electrons. The Morgan fingerprint density at radius 1 is 0.750 bits per heavy atom. The molecular weight excluding hydrogens is 406 g/mol. The molecule has 0 unspecified atom stereocenters. The average molecular weight is 427 g/mol. The van der Waals surface area contributed by atoms with Gasteiger partial charge in [-0.3, -0.25) is 24.1 Å². The van der Waals surface area contributed by atoms with Gasteiger partial charge in [-0.2, -0.15) is 0 Å². The fraction of sp³-hybridized carbons (Fsp3) is 0.120. The molecule has 0 saturated carbocycles. The van der Waals surface area contributed by atoms with Gasteiger partial charge in [0, 0.05) is 24.7 Å². The number of carbonyl (C=O) groups is 4. The second kappa shape index (κ2) is 8.85. The molecule has 0 spiro atoms. The molecule has 32 heavy (non-hydrogen) atoms. The number of rotatable bonds is 6. The number of benzene rings is 3. The molecule has 4 amide bonds. The van der Waals surface area contributed by atoms with Crippen LogP contribution in [0.15, 0.2) is 72.8 Å². The standard InChI is InChI=1S/C25H21N3O4/c1-26-22(29)18-8-4-6-16(12-18)14-27-23(30)19-9-5-7-17(13-19)15-28-24(31)20-10-2-3-11-21(20)25(28)32/h2-13H,14-15H2,1H3,(H,26,29)(H,27,30). The van der Waals surface area contributed by atoms with Gasteiger partial charge in [-0.25, -0.2) is 0 Å². The van der Waals surface area contributed by atoms with Crippen LogP contribution in [0.5, 0.6) is 0 Å². The summed E-state index contributed by atoms with van der Waals surface area (Å²) in [5.74, 6) is -1.16. The maximum absolute atomic E-state index is 12.7. The number of fused-ring (bicyclic) bond motifs is 1. The van der Waals surface area contributed by atoms with Crippen LogP contribution in [0.2, 0.25) is 0 Å². The SMILES string of the molecule is CNC(=O)c1cccc(CNC(=O)c2cccc(CN3C(=O)c4ccccc4C3=O)c2)c1. The summed E-state index contributed by atoms with van der Waals surface area (Å²) in [5, 5.41) is 5.40. The van der Waals surface area contributed by atoms with Crippen LogP contribution in [0.1, 0.15) is 52.6 Å². The van der Waals surface area contributed by atoms with Crippen molar-refractivity contribution in [3.8, 4) is 0 Å². The third kappa shape index (κ3) is 4.13. The predicted octanol–water partition coefficient (Wildman–Crippen LogP) is 2.77. The Balaban J connectivity index is 1.43. The van der Waals surface area contributed by atoms with Crippen LogP contribution in [0.3, 0.4) is 0 Å². The summed E-state index contributed by atoms with van der Waals surface area (Å²) in [7, 11) is 1.56. The molecule has 4 rings (SSSR count). The second-order valence-corrected chi connectivity index (χ2v) is 7.40. The van der Waals surface area contributed by atoms with E-state index in [1.807, 2.05) is 6.07 Å². The number of carbonyl (C=O) groups excluding carboxylic acids is 4. The highest BCUT2D eigenvalue weighted by atomic mass is 16.2. The van der Waals surface area contributed by atoms with E-state index in [0.717, 1.165) is 5.56 Å². The third-order valence-corrected chi connectivity index (χ3v) is 5.28. The van der Waals surface area contributed by atoms with Crippen molar-refractivity contribution in [2.75, 3.05) is 7.05 Å². The third-order valence-electron chi connectivity index (χ3n) is 5.28. The zero-order valence-corrected chi connectivity index (χ0v) is 17.4. The van der Waals surface area contributed by atoms with E-state index in [1.54, 1.807) is 73.8 Å². The van der Waals surface area contributed by atoms with Gasteiger partial charge in [-0.05, 0) is 47.5 Å². The van der Waals surface area contributed by atoms with Crippen LogP contribution in [-0.2, 0) is 13.1 Å². The van der Waals surface area contributed by atoms with Gasteiger partial charge >= 0.3 is 0 Å². The number of hydrogen-bond donors (Lipinski definition) is 2. The van der Waals surface area contributed by atoms with E-state index in [4.69, 9.17) is 0 Å². The molecule has 1 heterocycles. The number of hydrogen-bond acceptors (Lipinski definition) is 4. The van der Waals surface area contributed by atoms with Crippen molar-refractivity contribution in [1.82, 2.24) is 15.5 Å². The minimum absolute atomic E-state index is 0.0850. The Hall–Kier alpha value is -4.26. The molecule has 0 aromatic heterocycles. The van der Waals surface area contributed by atoms with Gasteiger partial charge in [0.05, 0.1) is 17.7 Å². The highest BCUT2D eigenvalue weighted by Gasteiger charge is 2.34. The molecule has 0 aliphatic carbocycles. The number of amides is 4. The Morgan fingerprint density at radius 3 is 1.94 bits per heavy atom. The van der Waals surface area contributed by atoms with E-state index in [9.17, 15) is 19.2 Å². The topological polar surface area (TPSA) is 95.6 Å². The molecule has 0 fully saturated rings. The van der Waals surface area contributed by atoms with E-state index >= 15 is 0 Å². The van der Waals surface area contributed by atoms with Gasteiger partial charge < -0.3 is 10.6 Å². The zero-order chi connectivity index (χ0) is 22.7. The normalized spacial score (nSPS) is 12.5. The molecule has 0 radical (unpaired) electrons. The summed E-state index contributed by atoms with van der Waals surface area (Å²) in [4.78, 5) is 50.8. The minimum Gasteiger partial charge on any atom is -0.355 e. The van der Waals surface area contributed by atoms with Crippen molar-refractivity contribution in [2.45, 2.75) is 13.1 Å². The Labute approximate surface area is 185 Å². The summed E-state index contributed by atoms with van der Waals surface area (Å²) >= 11 is 0. The van der Waals surface area contributed by atoms with Crippen LogP contribution < -0.4 is 10.6 Å². The summed E-state index contributed by atoms with van der Waals surface area (Å²) in [6, 6.07) is 20.6. The molecule has 0 atom stereocenters. The first-order valence-electron chi connectivity index (χ1n) is 10.1. The Morgan fingerprint density at radius 2 is 1.31 bits per heavy atom. The van der Waals surface area contributed by atoms with Crippen molar-refractivity contribution in [3.63, 3.8) is 0 Å². The van der Waals surface area contributed by atoms with Gasteiger partial charge in [-0.1, -0.05) is 36.4 Å². The average Bonchev–Trinajstić information content (AvgIpc) is 3.07. The molecule has 7 heteroatoms. The summed E-state index contributed by atoms with van der Waals surface area (Å²) < 4.78 is 0. The lowest BCUT2D eigenvalue weighted by Gasteiger charge is -2.14. The van der Waals surface area contributed by atoms with Crippen LogP contribution in [0.25, 0.3) is 0 Å². The van der Waals surface area contributed by atoms with Crippen LogP contribution in [0, 0.1) is 0 Å². The number of imide groups is 1. The van der Waals surface area contributed by atoms with Crippen LogP contribution >= 0.6 is 0 Å². The molecule has 1 aliphatic rings. The van der Waals surface area contributed by atoms with E-state index in [-0.39, 0.29) is 36.7 Å². The molecule has 3 aromatic carbocycles. The smallest absolute Gasteiger partial charge is 0.261 e. The van der Waals surface area contributed by atoms with Crippen molar-refractivity contribution in [1.29, 1.82) is 0 Å². The maximum atomic E-state index is 12.7. The summed E-state index contributed by atoms with van der Waals surface area (Å²) in [6.07, 6.45) is 0. The van der Waals surface area contributed by atoms with E-state index < -0.39 is 0 Å². The lowest BCUT2D eigenvalue weighted by atomic mass is 10.1. The number of nitrogens with one attached hydrogen (secondary N) is 2. The van der Waals surface area contributed by atoms with E-state index in [2.05, 4.69) is 10.6 Å². The highest BCUT2D eigenvalue weighted by Crippen LogP contribution is 2.24. The Kier molecular flexibility index (Phi) is 5.81. The predicted molar refractivity (Wildman–Crippen MR) is 118 cm³/mol. The lowest BCUT2D eigenvalue weighted by Crippen LogP contribution is -2.29. The fourth-order valence-corrected chi connectivity index (χ4v) is 3.63. The fourth-order valence-electron chi connectivity index (χ4n) is 3.63. The summed E-state index contributed by atoms with van der Waals surface area (Å²) in [5.41, 5.74) is 3.19. The summed E-state index contributed by atoms with van der Waals surface area (Å²) in [6.45, 7) is 0.341. The minimum atomic E-state index is -0.337. The van der Waals surface area contributed by atoms with E-state index in [0.29, 0.717) is 27.8 Å². The zero-order valence-electron chi connectivity index (χ0n) is 17.4. The van der Waals surface area contributed by atoms with Gasteiger partial charge in [-0.15, -0.1) is 0 Å². The largest absolute Gasteiger partial charge is 0.355 e. The van der Waals surface area contributed by atoms with Gasteiger partial charge in [0.2, 0.25) is 0 Å². The molecule has 7 nitrogen and oxygen atoms in total. The highest BCUT2D eigenvalue weighted by molar-refractivity contribution is 6.21. The molecule has 0 bridgehead atoms. The first kappa shape index (κ1) is 21.0. The number of nitrogens with zero attached hydrogens (tertiary/aromatic N) is 1. The monoisotopic (exact) mass is 427 g/mol. The Bertz CT molecular complexity index is 1200. The van der Waals surface area contributed by atoms with Crippen molar-refractivity contribution in [3.05, 3.63) is 106 Å². The van der Waals surface area contributed by atoms with Crippen LogP contribution in [-0.4, -0.2) is 35.6 Å². The first-order chi connectivity index (χ1) is 15.5. The van der Waals surface area contributed by atoms with E-state index in [1.165, 1.54) is 4.90 Å². The lowest BCUT2D eigenvalue weighted by molar-refractivity contribution is 0.0642. The van der Waals surface area contributed by atoms with Gasteiger partial charge in [0.1, 0.15) is 0 Å². The van der Waals surface area contributed by atoms with Crippen molar-refractivity contribution in [2.24, 2.45) is 0 Å². The van der Waals surface area contributed by atoms with Gasteiger partial charge in [0.15, 0.2) is 0 Å². The first-order valence-corrected chi connectivity index (χ1v) is 10.1. The molecule has 0 saturated heterocycles. The van der Waals surface area contributed by atoms with Gasteiger partial charge in [0.25, 0.3) is 23.6 Å².